The summed E-state index contributed by atoms with van der Waals surface area (Å²) in [6.07, 6.45) is 0.940. The van der Waals surface area contributed by atoms with Gasteiger partial charge in [0.1, 0.15) is 12.1 Å². The highest BCUT2D eigenvalue weighted by Crippen LogP contribution is 2.05. The highest BCUT2D eigenvalue weighted by molar-refractivity contribution is 5.97. The Morgan fingerprint density at radius 2 is 2.21 bits per heavy atom. The van der Waals surface area contributed by atoms with Crippen molar-refractivity contribution in [2.24, 2.45) is 5.73 Å². The van der Waals surface area contributed by atoms with Gasteiger partial charge in [0, 0.05) is 11.1 Å². The normalized spacial score (nSPS) is 8.57. The first-order valence-electron chi connectivity index (χ1n) is 4.11. The molecule has 3 N–H and O–H groups in total. The maximum atomic E-state index is 10.0. The summed E-state index contributed by atoms with van der Waals surface area (Å²) in [6.45, 7) is 0. The van der Waals surface area contributed by atoms with E-state index in [0.29, 0.717) is 11.1 Å². The largest absolute Gasteiger partial charge is 0.384 e. The van der Waals surface area contributed by atoms with Crippen molar-refractivity contribution < 1.29 is 4.79 Å². The van der Waals surface area contributed by atoms with Gasteiger partial charge in [0.2, 0.25) is 0 Å². The Kier molecular flexibility index (Phi) is 3.45. The van der Waals surface area contributed by atoms with Crippen LogP contribution < -0.4 is 5.73 Å². The van der Waals surface area contributed by atoms with Crippen LogP contribution >= 0.6 is 0 Å². The van der Waals surface area contributed by atoms with Crippen LogP contribution in [0.3, 0.4) is 0 Å². The topological polar surface area (TPSA) is 66.9 Å². The second-order valence-electron chi connectivity index (χ2n) is 2.63. The predicted molar refractivity (Wildman–Crippen MR) is 55.0 cm³/mol. The van der Waals surface area contributed by atoms with Crippen LogP contribution in [0.15, 0.2) is 24.3 Å². The number of aldehydes is 1. The molecule has 0 spiro atoms. The summed E-state index contributed by atoms with van der Waals surface area (Å²) < 4.78 is 0. The number of hydrogen-bond acceptors (Lipinski definition) is 2. The first-order chi connectivity index (χ1) is 6.75. The van der Waals surface area contributed by atoms with Crippen molar-refractivity contribution >= 4 is 12.1 Å². The molecular weight excluding hydrogens is 176 g/mol. The molecule has 0 radical (unpaired) electrons. The summed E-state index contributed by atoms with van der Waals surface area (Å²) in [5.41, 5.74) is 6.65. The molecule has 0 saturated heterocycles. The van der Waals surface area contributed by atoms with Gasteiger partial charge in [0.05, 0.1) is 6.42 Å². The molecule has 0 atom stereocenters. The molecule has 0 unspecified atom stereocenters. The molecule has 3 nitrogen and oxygen atoms in total. The summed E-state index contributed by atoms with van der Waals surface area (Å²) in [5, 5.41) is 7.30. The van der Waals surface area contributed by atoms with Crippen LogP contribution in [0.1, 0.15) is 17.5 Å². The number of benzene rings is 1. The molecule has 3 heteroatoms. The van der Waals surface area contributed by atoms with Gasteiger partial charge in [-0.25, -0.2) is 0 Å². The van der Waals surface area contributed by atoms with Crippen molar-refractivity contribution in [3.05, 3.63) is 35.4 Å². The molecule has 1 aromatic carbocycles. The summed E-state index contributed by atoms with van der Waals surface area (Å²) in [5.74, 6) is 5.46. The number of carbonyl (C=O) groups excluding carboxylic acids is 1. The quantitative estimate of drug-likeness (QED) is 0.312. The third-order valence-corrected chi connectivity index (χ3v) is 1.63. The molecule has 0 aliphatic heterocycles. The van der Waals surface area contributed by atoms with Crippen LogP contribution in [-0.4, -0.2) is 12.1 Å². The standard InChI is InChI=1S/C11H10N2O/c12-11(13)10-7-2-1-5-9(10)6-3-4-8-14/h1-2,5,7-8H,4H2,(H3,12,13). The highest BCUT2D eigenvalue weighted by atomic mass is 16.1. The van der Waals surface area contributed by atoms with Gasteiger partial charge < -0.3 is 10.5 Å². The van der Waals surface area contributed by atoms with Crippen LogP contribution in [0.5, 0.6) is 0 Å². The third-order valence-electron chi connectivity index (χ3n) is 1.63. The molecular formula is C11H10N2O. The minimum Gasteiger partial charge on any atom is -0.384 e. The fourth-order valence-electron chi connectivity index (χ4n) is 1.01. The van der Waals surface area contributed by atoms with Crippen molar-refractivity contribution in [2.45, 2.75) is 6.42 Å². The van der Waals surface area contributed by atoms with E-state index in [0.717, 1.165) is 6.29 Å². The average Bonchev–Trinajstić information content (AvgIpc) is 2.19. The van der Waals surface area contributed by atoms with Crippen molar-refractivity contribution in [3.8, 4) is 11.8 Å². The first kappa shape index (κ1) is 10.0. The fourth-order valence-corrected chi connectivity index (χ4v) is 1.01. The van der Waals surface area contributed by atoms with Crippen molar-refractivity contribution in [2.75, 3.05) is 0 Å². The number of rotatable bonds is 2. The Labute approximate surface area is 82.4 Å². The lowest BCUT2D eigenvalue weighted by atomic mass is 10.1. The van der Waals surface area contributed by atoms with Crippen molar-refractivity contribution in [3.63, 3.8) is 0 Å². The predicted octanol–water partition coefficient (Wildman–Crippen LogP) is 0.911. The molecule has 0 bridgehead atoms. The smallest absolute Gasteiger partial charge is 0.131 e. The Balaban J connectivity index is 3.03. The Morgan fingerprint density at radius 3 is 2.86 bits per heavy atom. The highest BCUT2D eigenvalue weighted by Gasteiger charge is 2.00. The molecule has 0 saturated carbocycles. The molecule has 1 rings (SSSR count). The molecule has 70 valence electrons. The zero-order valence-corrected chi connectivity index (χ0v) is 7.58. The number of nitrogen functional groups attached to an aromatic ring is 1. The zero-order chi connectivity index (χ0) is 10.4. The van der Waals surface area contributed by atoms with Crippen LogP contribution in [0.25, 0.3) is 0 Å². The number of hydrogen-bond donors (Lipinski definition) is 2. The molecule has 1 aromatic rings. The molecule has 0 aliphatic carbocycles. The minimum atomic E-state index is -0.0130. The van der Waals surface area contributed by atoms with Crippen LogP contribution in [-0.2, 0) is 4.79 Å². The number of carbonyl (C=O) groups is 1. The van der Waals surface area contributed by atoms with E-state index in [9.17, 15) is 4.79 Å². The van der Waals surface area contributed by atoms with E-state index in [-0.39, 0.29) is 12.3 Å². The van der Waals surface area contributed by atoms with Gasteiger partial charge in [-0.2, -0.15) is 0 Å². The second kappa shape index (κ2) is 4.83. The van der Waals surface area contributed by atoms with E-state index in [4.69, 9.17) is 11.1 Å². The van der Waals surface area contributed by atoms with Crippen LogP contribution in [0.2, 0.25) is 0 Å². The van der Waals surface area contributed by atoms with E-state index < -0.39 is 0 Å². The van der Waals surface area contributed by atoms with Crippen LogP contribution in [0.4, 0.5) is 0 Å². The zero-order valence-electron chi connectivity index (χ0n) is 7.58. The average molecular weight is 186 g/mol. The van der Waals surface area contributed by atoms with Gasteiger partial charge in [0.15, 0.2) is 0 Å². The van der Waals surface area contributed by atoms with Crippen LogP contribution in [0, 0.1) is 17.3 Å². The van der Waals surface area contributed by atoms with Gasteiger partial charge in [-0.15, -0.1) is 0 Å². The van der Waals surface area contributed by atoms with Gasteiger partial charge in [0.25, 0.3) is 0 Å². The molecule has 0 aliphatic rings. The van der Waals surface area contributed by atoms with E-state index in [1.807, 2.05) is 6.07 Å². The lowest BCUT2D eigenvalue weighted by Gasteiger charge is -2.00. The Morgan fingerprint density at radius 1 is 1.50 bits per heavy atom. The SMILES string of the molecule is N=C(N)c1ccccc1C#CCC=O. The van der Waals surface area contributed by atoms with Gasteiger partial charge >= 0.3 is 0 Å². The molecule has 14 heavy (non-hydrogen) atoms. The fraction of sp³-hybridized carbons (Fsp3) is 0.0909. The number of amidine groups is 1. The Bertz CT molecular complexity index is 413. The third kappa shape index (κ3) is 2.46. The van der Waals surface area contributed by atoms with Crippen molar-refractivity contribution in [1.82, 2.24) is 0 Å². The van der Waals surface area contributed by atoms with E-state index in [1.54, 1.807) is 18.2 Å². The number of nitrogens with two attached hydrogens (primary N) is 1. The Hall–Kier alpha value is -2.08. The summed E-state index contributed by atoms with van der Waals surface area (Å²) in [4.78, 5) is 10.0. The molecule has 0 fully saturated rings. The first-order valence-corrected chi connectivity index (χ1v) is 4.11. The lowest BCUT2D eigenvalue weighted by Crippen LogP contribution is -2.12. The van der Waals surface area contributed by atoms with Crippen molar-refractivity contribution in [1.29, 1.82) is 5.41 Å². The second-order valence-corrected chi connectivity index (χ2v) is 2.63. The maximum absolute atomic E-state index is 10.0. The summed E-state index contributed by atoms with van der Waals surface area (Å²) in [6, 6.07) is 7.11. The summed E-state index contributed by atoms with van der Waals surface area (Å²) >= 11 is 0. The molecule has 0 amide bonds. The minimum absolute atomic E-state index is 0.0130. The number of nitrogens with one attached hydrogen (secondary N) is 1. The maximum Gasteiger partial charge on any atom is 0.131 e. The summed E-state index contributed by atoms with van der Waals surface area (Å²) in [7, 11) is 0. The van der Waals surface area contributed by atoms with E-state index in [2.05, 4.69) is 11.8 Å². The molecule has 0 heterocycles. The van der Waals surface area contributed by atoms with Gasteiger partial charge in [-0.05, 0) is 6.07 Å². The van der Waals surface area contributed by atoms with Gasteiger partial charge in [-0.3, -0.25) is 5.41 Å². The van der Waals surface area contributed by atoms with E-state index >= 15 is 0 Å². The lowest BCUT2D eigenvalue weighted by molar-refractivity contribution is -0.107. The monoisotopic (exact) mass is 186 g/mol. The molecule has 0 aromatic heterocycles. The van der Waals surface area contributed by atoms with Gasteiger partial charge in [-0.1, -0.05) is 30.0 Å². The van der Waals surface area contributed by atoms with E-state index in [1.165, 1.54) is 0 Å².